The lowest BCUT2D eigenvalue weighted by molar-refractivity contribution is -0.135. The minimum absolute atomic E-state index is 0. The third kappa shape index (κ3) is 5.06. The van der Waals surface area contributed by atoms with Gasteiger partial charge in [-0.05, 0) is 38.1 Å². The van der Waals surface area contributed by atoms with Gasteiger partial charge in [0.05, 0.1) is 10.9 Å². The van der Waals surface area contributed by atoms with Crippen LogP contribution in [-0.4, -0.2) is 50.9 Å². The van der Waals surface area contributed by atoms with Gasteiger partial charge in [0.15, 0.2) is 0 Å². The molecular weight excluding hydrogens is 361 g/mol. The zero-order chi connectivity index (χ0) is 16.3. The SMILES string of the molecule is CC(NS(=O)(=O)c1ccc(Cl)cc1)C(=O)N1CCNC[C@H]1C.Cl. The van der Waals surface area contributed by atoms with E-state index in [1.165, 1.54) is 24.3 Å². The lowest BCUT2D eigenvalue weighted by Crippen LogP contribution is -2.57. The molecule has 0 aromatic heterocycles. The average molecular weight is 382 g/mol. The highest BCUT2D eigenvalue weighted by molar-refractivity contribution is 7.89. The molecule has 1 aromatic carbocycles. The fraction of sp³-hybridized carbons (Fsp3) is 0.500. The van der Waals surface area contributed by atoms with Crippen molar-refractivity contribution in [2.24, 2.45) is 0 Å². The first-order valence-electron chi connectivity index (χ1n) is 7.10. The Balaban J connectivity index is 0.00000264. The van der Waals surface area contributed by atoms with E-state index >= 15 is 0 Å². The van der Waals surface area contributed by atoms with Crippen LogP contribution in [0.2, 0.25) is 5.02 Å². The maximum Gasteiger partial charge on any atom is 0.241 e. The molecule has 2 atom stereocenters. The second-order valence-corrected chi connectivity index (χ2v) is 7.53. The summed E-state index contributed by atoms with van der Waals surface area (Å²) in [7, 11) is -3.75. The van der Waals surface area contributed by atoms with Crippen LogP contribution in [0.3, 0.4) is 0 Å². The molecule has 0 bridgehead atoms. The van der Waals surface area contributed by atoms with Gasteiger partial charge in [-0.2, -0.15) is 4.72 Å². The Kier molecular flexibility index (Phi) is 7.29. The molecular formula is C14H21Cl2N3O3S. The van der Waals surface area contributed by atoms with E-state index in [2.05, 4.69) is 10.0 Å². The highest BCUT2D eigenvalue weighted by Crippen LogP contribution is 2.15. The summed E-state index contributed by atoms with van der Waals surface area (Å²) < 4.78 is 27.0. The predicted molar refractivity (Wildman–Crippen MR) is 92.5 cm³/mol. The smallest absolute Gasteiger partial charge is 0.241 e. The molecule has 0 radical (unpaired) electrons. The number of carbonyl (C=O) groups excluding carboxylic acids is 1. The minimum Gasteiger partial charge on any atom is -0.336 e. The van der Waals surface area contributed by atoms with Crippen LogP contribution in [0, 0.1) is 0 Å². The Morgan fingerprint density at radius 2 is 2.00 bits per heavy atom. The minimum atomic E-state index is -3.75. The molecule has 130 valence electrons. The van der Waals surface area contributed by atoms with E-state index in [9.17, 15) is 13.2 Å². The maximum atomic E-state index is 12.4. The molecule has 2 N–H and O–H groups in total. The molecule has 1 aliphatic rings. The highest BCUT2D eigenvalue weighted by atomic mass is 35.5. The van der Waals surface area contributed by atoms with Crippen LogP contribution in [0.25, 0.3) is 0 Å². The van der Waals surface area contributed by atoms with Gasteiger partial charge in [-0.25, -0.2) is 8.42 Å². The molecule has 1 fully saturated rings. The fourth-order valence-electron chi connectivity index (χ4n) is 2.38. The number of carbonyl (C=O) groups is 1. The van der Waals surface area contributed by atoms with E-state index < -0.39 is 16.1 Å². The van der Waals surface area contributed by atoms with Crippen molar-refractivity contribution in [3.8, 4) is 0 Å². The van der Waals surface area contributed by atoms with Crippen molar-refractivity contribution in [3.05, 3.63) is 29.3 Å². The van der Waals surface area contributed by atoms with Crippen LogP contribution in [0.1, 0.15) is 13.8 Å². The molecule has 1 aliphatic heterocycles. The highest BCUT2D eigenvalue weighted by Gasteiger charge is 2.29. The molecule has 2 rings (SSSR count). The summed E-state index contributed by atoms with van der Waals surface area (Å²) in [6.45, 7) is 5.50. The number of sulfonamides is 1. The fourth-order valence-corrected chi connectivity index (χ4v) is 3.70. The van der Waals surface area contributed by atoms with E-state index in [1.54, 1.807) is 11.8 Å². The van der Waals surface area contributed by atoms with E-state index in [-0.39, 0.29) is 29.3 Å². The van der Waals surface area contributed by atoms with Gasteiger partial charge in [0.1, 0.15) is 0 Å². The van der Waals surface area contributed by atoms with Crippen molar-refractivity contribution >= 4 is 39.9 Å². The number of benzene rings is 1. The summed E-state index contributed by atoms with van der Waals surface area (Å²) in [4.78, 5) is 14.2. The maximum absolute atomic E-state index is 12.4. The lowest BCUT2D eigenvalue weighted by atomic mass is 10.2. The first-order valence-corrected chi connectivity index (χ1v) is 8.96. The van der Waals surface area contributed by atoms with Crippen LogP contribution in [-0.2, 0) is 14.8 Å². The van der Waals surface area contributed by atoms with Crippen LogP contribution < -0.4 is 10.0 Å². The monoisotopic (exact) mass is 381 g/mol. The van der Waals surface area contributed by atoms with Crippen molar-refractivity contribution in [1.29, 1.82) is 0 Å². The van der Waals surface area contributed by atoms with Crippen molar-refractivity contribution in [2.75, 3.05) is 19.6 Å². The molecule has 23 heavy (non-hydrogen) atoms. The van der Waals surface area contributed by atoms with E-state index in [4.69, 9.17) is 11.6 Å². The first kappa shape index (κ1) is 20.2. The topological polar surface area (TPSA) is 78.5 Å². The number of halogens is 2. The van der Waals surface area contributed by atoms with Crippen molar-refractivity contribution in [2.45, 2.75) is 30.8 Å². The van der Waals surface area contributed by atoms with Gasteiger partial charge in [0.2, 0.25) is 15.9 Å². The standard InChI is InChI=1S/C14H20ClN3O3S.ClH/c1-10-9-16-7-8-18(10)14(19)11(2)17-22(20,21)13-5-3-12(15)4-6-13;/h3-6,10-11,16-17H,7-9H2,1-2H3;1H/t10-,11?;/m1./s1. The van der Waals surface area contributed by atoms with E-state index in [1.807, 2.05) is 6.92 Å². The number of nitrogens with zero attached hydrogens (tertiary/aromatic N) is 1. The normalized spacial score (nSPS) is 19.8. The number of amides is 1. The summed E-state index contributed by atoms with van der Waals surface area (Å²) in [6, 6.07) is 5.05. The molecule has 1 saturated heterocycles. The molecule has 1 amide bonds. The second kappa shape index (κ2) is 8.30. The van der Waals surface area contributed by atoms with Gasteiger partial charge >= 0.3 is 0 Å². The van der Waals surface area contributed by atoms with Crippen LogP contribution in [0.4, 0.5) is 0 Å². The van der Waals surface area contributed by atoms with Crippen LogP contribution in [0.5, 0.6) is 0 Å². The van der Waals surface area contributed by atoms with Crippen molar-refractivity contribution in [1.82, 2.24) is 14.9 Å². The molecule has 9 heteroatoms. The summed E-state index contributed by atoms with van der Waals surface area (Å²) in [5.74, 6) is -0.216. The Bertz CT molecular complexity index is 637. The van der Waals surface area contributed by atoms with Crippen LogP contribution >= 0.6 is 24.0 Å². The van der Waals surface area contributed by atoms with Gasteiger partial charge < -0.3 is 10.2 Å². The largest absolute Gasteiger partial charge is 0.336 e. The molecule has 1 aromatic rings. The third-order valence-corrected chi connectivity index (χ3v) is 5.42. The Morgan fingerprint density at radius 3 is 2.57 bits per heavy atom. The second-order valence-electron chi connectivity index (χ2n) is 5.38. The molecule has 6 nitrogen and oxygen atoms in total. The zero-order valence-corrected chi connectivity index (χ0v) is 15.3. The summed E-state index contributed by atoms with van der Waals surface area (Å²) >= 11 is 5.75. The van der Waals surface area contributed by atoms with Gasteiger partial charge in [0, 0.05) is 30.7 Å². The van der Waals surface area contributed by atoms with Crippen molar-refractivity contribution < 1.29 is 13.2 Å². The number of piperazine rings is 1. The van der Waals surface area contributed by atoms with Crippen LogP contribution in [0.15, 0.2) is 29.2 Å². The van der Waals surface area contributed by atoms with Gasteiger partial charge in [-0.3, -0.25) is 4.79 Å². The lowest BCUT2D eigenvalue weighted by Gasteiger charge is -2.35. The zero-order valence-electron chi connectivity index (χ0n) is 13.0. The molecule has 1 heterocycles. The molecule has 0 spiro atoms. The molecule has 1 unspecified atom stereocenters. The predicted octanol–water partition coefficient (Wildman–Crippen LogP) is 1.25. The van der Waals surface area contributed by atoms with Gasteiger partial charge in [-0.1, -0.05) is 11.6 Å². The first-order chi connectivity index (χ1) is 10.3. The quantitative estimate of drug-likeness (QED) is 0.822. The Morgan fingerprint density at radius 1 is 1.39 bits per heavy atom. The number of hydrogen-bond donors (Lipinski definition) is 2. The van der Waals surface area contributed by atoms with Gasteiger partial charge in [-0.15, -0.1) is 12.4 Å². The number of hydrogen-bond acceptors (Lipinski definition) is 4. The van der Waals surface area contributed by atoms with E-state index in [0.717, 1.165) is 0 Å². The van der Waals surface area contributed by atoms with Gasteiger partial charge in [0.25, 0.3) is 0 Å². The summed E-state index contributed by atoms with van der Waals surface area (Å²) in [5, 5.41) is 3.65. The Hall–Kier alpha value is -0.860. The number of rotatable bonds is 4. The Labute approximate surface area is 148 Å². The summed E-state index contributed by atoms with van der Waals surface area (Å²) in [6.07, 6.45) is 0. The number of nitrogens with one attached hydrogen (secondary N) is 2. The average Bonchev–Trinajstić information content (AvgIpc) is 2.47. The summed E-state index contributed by atoms with van der Waals surface area (Å²) in [5.41, 5.74) is 0. The van der Waals surface area contributed by atoms with Crippen molar-refractivity contribution in [3.63, 3.8) is 0 Å². The third-order valence-electron chi connectivity index (χ3n) is 3.61. The molecule has 0 aliphatic carbocycles. The molecule has 0 saturated carbocycles. The van der Waals surface area contributed by atoms with E-state index in [0.29, 0.717) is 24.7 Å².